The average Bonchev–Trinajstić information content (AvgIpc) is 2.80. The molecule has 2 N–H and O–H groups in total. The molecular formula is C13H14BrF3N4. The minimum absolute atomic E-state index is 0.144. The van der Waals surface area contributed by atoms with Gasteiger partial charge >= 0.3 is 6.18 Å². The Labute approximate surface area is 128 Å². The maximum atomic E-state index is 12.9. The molecule has 0 spiro atoms. The lowest BCUT2D eigenvalue weighted by molar-refractivity contribution is -0.137. The Morgan fingerprint density at radius 2 is 2.10 bits per heavy atom. The molecule has 0 radical (unpaired) electrons. The maximum absolute atomic E-state index is 12.9. The van der Waals surface area contributed by atoms with Crippen LogP contribution in [0.1, 0.15) is 23.2 Å². The van der Waals surface area contributed by atoms with Crippen LogP contribution in [0.4, 0.5) is 19.0 Å². The van der Waals surface area contributed by atoms with Gasteiger partial charge in [-0.2, -0.15) is 18.3 Å². The molecule has 0 unspecified atom stereocenters. The highest BCUT2D eigenvalue weighted by atomic mass is 79.9. The third kappa shape index (κ3) is 4.20. The Balaban J connectivity index is 1.96. The van der Waals surface area contributed by atoms with E-state index in [0.717, 1.165) is 23.7 Å². The number of rotatable bonds is 5. The smallest absolute Gasteiger partial charge is 0.370 e. The van der Waals surface area contributed by atoms with Crippen LogP contribution in [0.3, 0.4) is 0 Å². The highest BCUT2D eigenvalue weighted by molar-refractivity contribution is 9.10. The Kier molecular flexibility index (Phi) is 4.87. The second kappa shape index (κ2) is 6.46. The summed E-state index contributed by atoms with van der Waals surface area (Å²) in [6.45, 7) is 2.32. The molecule has 0 saturated carbocycles. The lowest BCUT2D eigenvalue weighted by Gasteiger charge is -2.13. The van der Waals surface area contributed by atoms with Crippen molar-refractivity contribution in [3.8, 4) is 0 Å². The van der Waals surface area contributed by atoms with Crippen molar-refractivity contribution in [3.63, 3.8) is 0 Å². The van der Waals surface area contributed by atoms with Gasteiger partial charge in [-0.3, -0.25) is 5.10 Å². The van der Waals surface area contributed by atoms with E-state index in [0.29, 0.717) is 17.4 Å². The minimum Gasteiger partial charge on any atom is -0.370 e. The maximum Gasteiger partial charge on any atom is 0.419 e. The molecule has 0 bridgehead atoms. The zero-order valence-corrected chi connectivity index (χ0v) is 12.8. The predicted octanol–water partition coefficient (Wildman–Crippen LogP) is 3.94. The van der Waals surface area contributed by atoms with E-state index in [1.807, 2.05) is 6.92 Å². The van der Waals surface area contributed by atoms with Gasteiger partial charge in [0.15, 0.2) is 0 Å². The molecule has 0 fully saturated rings. The number of pyridine rings is 1. The first kappa shape index (κ1) is 15.8. The minimum atomic E-state index is -4.43. The van der Waals surface area contributed by atoms with Crippen LogP contribution in [-0.2, 0) is 12.6 Å². The second-order valence-electron chi connectivity index (χ2n) is 4.60. The standard InChI is InChI=1S/C13H14BrF3N4/c1-8-9(6-20-21-8)3-2-4-18-12-11(13(15,16)17)5-10(14)7-19-12/h5-7H,2-4H2,1H3,(H,18,19)(H,20,21). The van der Waals surface area contributed by atoms with Crippen molar-refractivity contribution in [1.29, 1.82) is 0 Å². The SMILES string of the molecule is Cc1[nH]ncc1CCCNc1ncc(Br)cc1C(F)(F)F. The molecule has 0 atom stereocenters. The molecule has 0 aliphatic carbocycles. The van der Waals surface area contributed by atoms with Gasteiger partial charge in [-0.1, -0.05) is 0 Å². The summed E-state index contributed by atoms with van der Waals surface area (Å²) < 4.78 is 39.0. The molecule has 2 aromatic rings. The zero-order valence-electron chi connectivity index (χ0n) is 11.3. The zero-order chi connectivity index (χ0) is 15.5. The molecule has 4 nitrogen and oxygen atoms in total. The largest absolute Gasteiger partial charge is 0.419 e. The van der Waals surface area contributed by atoms with Crippen LogP contribution >= 0.6 is 15.9 Å². The fourth-order valence-electron chi connectivity index (χ4n) is 1.91. The lowest BCUT2D eigenvalue weighted by Crippen LogP contribution is -2.13. The van der Waals surface area contributed by atoms with Crippen LogP contribution in [0.5, 0.6) is 0 Å². The summed E-state index contributed by atoms with van der Waals surface area (Å²) in [7, 11) is 0. The number of aromatic nitrogens is 3. The number of hydrogen-bond acceptors (Lipinski definition) is 3. The van der Waals surface area contributed by atoms with E-state index < -0.39 is 11.7 Å². The van der Waals surface area contributed by atoms with E-state index in [4.69, 9.17) is 0 Å². The third-order valence-electron chi connectivity index (χ3n) is 3.01. The normalized spacial score (nSPS) is 11.7. The number of nitrogens with one attached hydrogen (secondary N) is 2. The number of anilines is 1. The van der Waals surface area contributed by atoms with Gasteiger partial charge in [-0.15, -0.1) is 0 Å². The van der Waals surface area contributed by atoms with Gasteiger partial charge in [0, 0.05) is 22.9 Å². The van der Waals surface area contributed by atoms with Crippen LogP contribution in [0.15, 0.2) is 22.9 Å². The third-order valence-corrected chi connectivity index (χ3v) is 3.44. The molecule has 0 aliphatic heterocycles. The van der Waals surface area contributed by atoms with Crippen molar-refractivity contribution in [3.05, 3.63) is 39.8 Å². The van der Waals surface area contributed by atoms with Gasteiger partial charge in [-0.05, 0) is 47.3 Å². The van der Waals surface area contributed by atoms with Crippen LogP contribution < -0.4 is 5.32 Å². The van der Waals surface area contributed by atoms with Gasteiger partial charge in [0.1, 0.15) is 5.82 Å². The van der Waals surface area contributed by atoms with E-state index in [-0.39, 0.29) is 5.82 Å². The molecule has 2 heterocycles. The summed E-state index contributed by atoms with van der Waals surface area (Å²) in [5, 5.41) is 9.48. The van der Waals surface area contributed by atoms with Gasteiger partial charge in [0.2, 0.25) is 0 Å². The summed E-state index contributed by atoms with van der Waals surface area (Å²) >= 11 is 3.00. The Morgan fingerprint density at radius 1 is 1.33 bits per heavy atom. The number of aromatic amines is 1. The van der Waals surface area contributed by atoms with Crippen molar-refractivity contribution in [2.75, 3.05) is 11.9 Å². The fourth-order valence-corrected chi connectivity index (χ4v) is 2.24. The Hall–Kier alpha value is -1.57. The Morgan fingerprint density at radius 3 is 2.71 bits per heavy atom. The number of H-pyrrole nitrogens is 1. The van der Waals surface area contributed by atoms with Crippen molar-refractivity contribution in [1.82, 2.24) is 15.2 Å². The van der Waals surface area contributed by atoms with Crippen molar-refractivity contribution >= 4 is 21.7 Å². The number of hydrogen-bond donors (Lipinski definition) is 2. The predicted molar refractivity (Wildman–Crippen MR) is 77.1 cm³/mol. The first-order chi connectivity index (χ1) is 9.88. The fraction of sp³-hybridized carbons (Fsp3) is 0.385. The molecule has 0 saturated heterocycles. The van der Waals surface area contributed by atoms with E-state index in [1.54, 1.807) is 6.20 Å². The summed E-state index contributed by atoms with van der Waals surface area (Å²) in [5.74, 6) is -0.144. The molecular weight excluding hydrogens is 349 g/mol. The van der Waals surface area contributed by atoms with Gasteiger partial charge in [0.25, 0.3) is 0 Å². The second-order valence-corrected chi connectivity index (χ2v) is 5.51. The van der Waals surface area contributed by atoms with Crippen molar-refractivity contribution in [2.24, 2.45) is 0 Å². The molecule has 0 aromatic carbocycles. The number of nitrogens with zero attached hydrogens (tertiary/aromatic N) is 2. The van der Waals surface area contributed by atoms with Gasteiger partial charge < -0.3 is 5.32 Å². The van der Waals surface area contributed by atoms with Gasteiger partial charge in [0.05, 0.1) is 11.8 Å². The van der Waals surface area contributed by atoms with Crippen LogP contribution in [0.25, 0.3) is 0 Å². The van der Waals surface area contributed by atoms with Crippen molar-refractivity contribution < 1.29 is 13.2 Å². The van der Waals surface area contributed by atoms with E-state index >= 15 is 0 Å². The summed E-state index contributed by atoms with van der Waals surface area (Å²) in [5.41, 5.74) is 1.28. The molecule has 21 heavy (non-hydrogen) atoms. The Bertz CT molecular complexity index is 610. The van der Waals surface area contributed by atoms with E-state index in [2.05, 4.69) is 36.4 Å². The number of halogens is 4. The summed E-state index contributed by atoms with van der Waals surface area (Å²) in [4.78, 5) is 3.80. The van der Waals surface area contributed by atoms with Crippen LogP contribution in [0.2, 0.25) is 0 Å². The van der Waals surface area contributed by atoms with Crippen LogP contribution in [0, 0.1) is 6.92 Å². The monoisotopic (exact) mass is 362 g/mol. The van der Waals surface area contributed by atoms with Crippen molar-refractivity contribution in [2.45, 2.75) is 25.9 Å². The van der Waals surface area contributed by atoms with Crippen LogP contribution in [-0.4, -0.2) is 21.7 Å². The summed E-state index contributed by atoms with van der Waals surface area (Å²) in [6, 6.07) is 1.02. The molecule has 0 amide bonds. The molecule has 2 aromatic heterocycles. The molecule has 114 valence electrons. The lowest BCUT2D eigenvalue weighted by atomic mass is 10.1. The first-order valence-electron chi connectivity index (χ1n) is 6.33. The molecule has 2 rings (SSSR count). The number of aryl methyl sites for hydroxylation is 2. The molecule has 0 aliphatic rings. The topological polar surface area (TPSA) is 53.6 Å². The summed E-state index contributed by atoms with van der Waals surface area (Å²) in [6.07, 6.45) is 0.0784. The van der Waals surface area contributed by atoms with Gasteiger partial charge in [-0.25, -0.2) is 4.98 Å². The first-order valence-corrected chi connectivity index (χ1v) is 7.12. The number of alkyl halides is 3. The van der Waals surface area contributed by atoms with E-state index in [1.165, 1.54) is 6.20 Å². The van der Waals surface area contributed by atoms with E-state index in [9.17, 15) is 13.2 Å². The highest BCUT2D eigenvalue weighted by Gasteiger charge is 2.34. The average molecular weight is 363 g/mol. The molecule has 8 heteroatoms. The highest BCUT2D eigenvalue weighted by Crippen LogP contribution is 2.35. The quantitative estimate of drug-likeness (QED) is 0.792.